The molecule has 0 radical (unpaired) electrons. The summed E-state index contributed by atoms with van der Waals surface area (Å²) in [5, 5.41) is 2.83. The number of rotatable bonds is 0. The van der Waals surface area contributed by atoms with Crippen LogP contribution in [0.25, 0.3) is 0 Å². The van der Waals surface area contributed by atoms with E-state index in [4.69, 9.17) is 10.5 Å². The van der Waals surface area contributed by atoms with Gasteiger partial charge in [-0.05, 0) is 23.1 Å². The minimum absolute atomic E-state index is 0.0137. The molecule has 1 aliphatic heterocycles. The number of nitrogen functional groups attached to an aromatic ring is 1. The lowest BCUT2D eigenvalue weighted by Gasteiger charge is -2.22. The van der Waals surface area contributed by atoms with E-state index in [1.54, 1.807) is 0 Å². The molecule has 1 heterocycles. The second-order valence-corrected chi connectivity index (χ2v) is 5.34. The fraction of sp³-hybridized carbons (Fsp3) is 0.462. The standard InChI is InChI=1S/C13H18N2O2/c1-13(2,3)8-6-9(14)12-10(7-8)15-11(16)4-5-17-12/h6-7H,4-5,14H2,1-3H3,(H,15,16). The fourth-order valence-electron chi connectivity index (χ4n) is 1.80. The van der Waals surface area contributed by atoms with Crippen LogP contribution >= 0.6 is 0 Å². The first-order valence-electron chi connectivity index (χ1n) is 5.74. The molecule has 0 fully saturated rings. The van der Waals surface area contributed by atoms with Crippen LogP contribution in [0.4, 0.5) is 11.4 Å². The van der Waals surface area contributed by atoms with Gasteiger partial charge in [-0.3, -0.25) is 4.79 Å². The van der Waals surface area contributed by atoms with Gasteiger partial charge in [0.1, 0.15) is 0 Å². The molecule has 4 nitrogen and oxygen atoms in total. The monoisotopic (exact) mass is 234 g/mol. The highest BCUT2D eigenvalue weighted by Crippen LogP contribution is 2.38. The molecule has 0 spiro atoms. The van der Waals surface area contributed by atoms with Crippen molar-refractivity contribution in [2.24, 2.45) is 0 Å². The minimum Gasteiger partial charge on any atom is -0.489 e. The zero-order chi connectivity index (χ0) is 12.6. The predicted octanol–water partition coefficient (Wildman–Crippen LogP) is 2.29. The highest BCUT2D eigenvalue weighted by Gasteiger charge is 2.21. The average molecular weight is 234 g/mol. The molecule has 0 aromatic heterocycles. The minimum atomic E-state index is -0.0331. The van der Waals surface area contributed by atoms with E-state index in [0.29, 0.717) is 30.2 Å². The molecule has 0 unspecified atom stereocenters. The van der Waals surface area contributed by atoms with Crippen molar-refractivity contribution in [3.8, 4) is 5.75 Å². The van der Waals surface area contributed by atoms with Crippen LogP contribution < -0.4 is 15.8 Å². The Morgan fingerprint density at radius 3 is 2.71 bits per heavy atom. The zero-order valence-electron chi connectivity index (χ0n) is 10.5. The maximum absolute atomic E-state index is 11.5. The number of benzene rings is 1. The molecule has 0 aliphatic carbocycles. The molecule has 4 heteroatoms. The van der Waals surface area contributed by atoms with Crippen LogP contribution in [-0.4, -0.2) is 12.5 Å². The third-order valence-electron chi connectivity index (χ3n) is 2.83. The molecular weight excluding hydrogens is 216 g/mol. The number of amides is 1. The molecule has 1 amide bonds. The Hall–Kier alpha value is -1.71. The van der Waals surface area contributed by atoms with Crippen LogP contribution in [-0.2, 0) is 10.2 Å². The summed E-state index contributed by atoms with van der Waals surface area (Å²) in [4.78, 5) is 11.5. The van der Waals surface area contributed by atoms with Crippen molar-refractivity contribution in [1.82, 2.24) is 0 Å². The number of hydrogen-bond donors (Lipinski definition) is 2. The Labute approximate surface area is 101 Å². The molecule has 92 valence electrons. The zero-order valence-corrected chi connectivity index (χ0v) is 10.5. The highest BCUT2D eigenvalue weighted by molar-refractivity contribution is 5.94. The average Bonchev–Trinajstić information content (AvgIpc) is 2.37. The molecule has 0 saturated carbocycles. The normalized spacial score (nSPS) is 15.6. The Bertz CT molecular complexity index is 461. The highest BCUT2D eigenvalue weighted by atomic mass is 16.5. The van der Waals surface area contributed by atoms with Gasteiger partial charge in [0.05, 0.1) is 24.4 Å². The van der Waals surface area contributed by atoms with Crippen LogP contribution in [0.5, 0.6) is 5.75 Å². The number of ether oxygens (including phenoxy) is 1. The van der Waals surface area contributed by atoms with Gasteiger partial charge in [-0.1, -0.05) is 20.8 Å². The summed E-state index contributed by atoms with van der Waals surface area (Å²) in [6.07, 6.45) is 0.360. The first-order chi connectivity index (χ1) is 7.88. The van der Waals surface area contributed by atoms with E-state index >= 15 is 0 Å². The Morgan fingerprint density at radius 1 is 1.35 bits per heavy atom. The summed E-state index contributed by atoms with van der Waals surface area (Å²) in [6, 6.07) is 3.85. The van der Waals surface area contributed by atoms with Gasteiger partial charge in [0.15, 0.2) is 5.75 Å². The molecule has 1 aromatic rings. The van der Waals surface area contributed by atoms with Gasteiger partial charge >= 0.3 is 0 Å². The summed E-state index contributed by atoms with van der Waals surface area (Å²) in [7, 11) is 0. The molecule has 0 saturated heterocycles. The second kappa shape index (κ2) is 3.95. The number of hydrogen-bond acceptors (Lipinski definition) is 3. The lowest BCUT2D eigenvalue weighted by Crippen LogP contribution is -2.14. The van der Waals surface area contributed by atoms with Crippen molar-refractivity contribution >= 4 is 17.3 Å². The summed E-state index contributed by atoms with van der Waals surface area (Å²) >= 11 is 0. The largest absolute Gasteiger partial charge is 0.489 e. The quantitative estimate of drug-likeness (QED) is 0.677. The number of nitrogens with two attached hydrogens (primary N) is 1. The van der Waals surface area contributed by atoms with Crippen molar-refractivity contribution in [3.63, 3.8) is 0 Å². The third-order valence-corrected chi connectivity index (χ3v) is 2.83. The van der Waals surface area contributed by atoms with E-state index in [1.165, 1.54) is 0 Å². The van der Waals surface area contributed by atoms with Gasteiger partial charge in [-0.25, -0.2) is 0 Å². The number of carbonyl (C=O) groups excluding carboxylic acids is 1. The molecular formula is C13H18N2O2. The van der Waals surface area contributed by atoms with Crippen LogP contribution in [0.2, 0.25) is 0 Å². The molecule has 1 aliphatic rings. The van der Waals surface area contributed by atoms with Crippen LogP contribution in [0.15, 0.2) is 12.1 Å². The molecule has 1 aromatic carbocycles. The molecule has 0 atom stereocenters. The van der Waals surface area contributed by atoms with E-state index in [-0.39, 0.29) is 11.3 Å². The molecule has 3 N–H and O–H groups in total. The summed E-state index contributed by atoms with van der Waals surface area (Å²) < 4.78 is 5.51. The summed E-state index contributed by atoms with van der Waals surface area (Å²) in [6.45, 7) is 6.69. The number of nitrogens with one attached hydrogen (secondary N) is 1. The lowest BCUT2D eigenvalue weighted by atomic mass is 9.86. The molecule has 0 bridgehead atoms. The topological polar surface area (TPSA) is 64.3 Å². The summed E-state index contributed by atoms with van der Waals surface area (Å²) in [5.41, 5.74) is 8.30. The van der Waals surface area contributed by atoms with Crippen LogP contribution in [0, 0.1) is 0 Å². The number of carbonyl (C=O) groups is 1. The Balaban J connectivity index is 2.52. The number of anilines is 2. The van der Waals surface area contributed by atoms with Crippen LogP contribution in [0.1, 0.15) is 32.8 Å². The van der Waals surface area contributed by atoms with Gasteiger partial charge in [0, 0.05) is 0 Å². The first kappa shape index (κ1) is 11.8. The van der Waals surface area contributed by atoms with Gasteiger partial charge in [-0.15, -0.1) is 0 Å². The van der Waals surface area contributed by atoms with Crippen molar-refractivity contribution in [2.45, 2.75) is 32.6 Å². The van der Waals surface area contributed by atoms with E-state index in [9.17, 15) is 4.79 Å². The van der Waals surface area contributed by atoms with Gasteiger partial charge in [0.2, 0.25) is 5.91 Å². The second-order valence-electron chi connectivity index (χ2n) is 5.34. The van der Waals surface area contributed by atoms with Crippen molar-refractivity contribution in [1.29, 1.82) is 0 Å². The lowest BCUT2D eigenvalue weighted by molar-refractivity contribution is -0.116. The third kappa shape index (κ3) is 2.35. The van der Waals surface area contributed by atoms with Gasteiger partial charge in [0.25, 0.3) is 0 Å². The maximum atomic E-state index is 11.5. The summed E-state index contributed by atoms with van der Waals surface area (Å²) in [5.74, 6) is 0.554. The predicted molar refractivity (Wildman–Crippen MR) is 68.3 cm³/mol. The van der Waals surface area contributed by atoms with E-state index in [0.717, 1.165) is 5.56 Å². The Morgan fingerprint density at radius 2 is 2.06 bits per heavy atom. The smallest absolute Gasteiger partial charge is 0.227 e. The van der Waals surface area contributed by atoms with Crippen LogP contribution in [0.3, 0.4) is 0 Å². The SMILES string of the molecule is CC(C)(C)c1cc(N)c2c(c1)NC(=O)CCO2. The Kier molecular flexibility index (Phi) is 2.73. The molecule has 17 heavy (non-hydrogen) atoms. The van der Waals surface area contributed by atoms with E-state index < -0.39 is 0 Å². The fourth-order valence-corrected chi connectivity index (χ4v) is 1.80. The van der Waals surface area contributed by atoms with Gasteiger partial charge < -0.3 is 15.8 Å². The van der Waals surface area contributed by atoms with E-state index in [2.05, 4.69) is 26.1 Å². The van der Waals surface area contributed by atoms with Crippen molar-refractivity contribution in [2.75, 3.05) is 17.7 Å². The van der Waals surface area contributed by atoms with Gasteiger partial charge in [-0.2, -0.15) is 0 Å². The molecule has 2 rings (SSSR count). The van der Waals surface area contributed by atoms with Crippen molar-refractivity contribution < 1.29 is 9.53 Å². The maximum Gasteiger partial charge on any atom is 0.227 e. The number of fused-ring (bicyclic) bond motifs is 1. The van der Waals surface area contributed by atoms with E-state index in [1.807, 2.05) is 12.1 Å². The first-order valence-corrected chi connectivity index (χ1v) is 5.74. The van der Waals surface area contributed by atoms with Crippen molar-refractivity contribution in [3.05, 3.63) is 17.7 Å².